The van der Waals surface area contributed by atoms with Crippen molar-refractivity contribution in [2.45, 2.75) is 39.4 Å². The summed E-state index contributed by atoms with van der Waals surface area (Å²) in [4.78, 5) is 0. The molecule has 0 saturated heterocycles. The van der Waals surface area contributed by atoms with Crippen molar-refractivity contribution in [3.8, 4) is 0 Å². The number of hydrogen-bond acceptors (Lipinski definition) is 3. The molecular formula is C15H25N3O2S. The van der Waals surface area contributed by atoms with E-state index in [0.29, 0.717) is 25.7 Å². The minimum absolute atomic E-state index is 0.431. The summed E-state index contributed by atoms with van der Waals surface area (Å²) >= 11 is 0. The maximum absolute atomic E-state index is 12.6. The molecule has 0 aromatic heterocycles. The molecular weight excluding hydrogens is 286 g/mol. The zero-order valence-corrected chi connectivity index (χ0v) is 13.9. The van der Waals surface area contributed by atoms with Crippen molar-refractivity contribution in [3.63, 3.8) is 0 Å². The van der Waals surface area contributed by atoms with Gasteiger partial charge in [0, 0.05) is 32.7 Å². The summed E-state index contributed by atoms with van der Waals surface area (Å²) in [5, 5.41) is 3.30. The standard InChI is InChI=1S/C15H25N3O2S/c1-13(2)16-9-6-10-17(3)21(19,20)18-11-14-7-4-5-8-15(14)12-18/h4-5,7-8,13,16H,6,9-12H2,1-3H3. The van der Waals surface area contributed by atoms with E-state index < -0.39 is 10.2 Å². The number of nitrogens with one attached hydrogen (secondary N) is 1. The zero-order chi connectivity index (χ0) is 15.5. The molecule has 118 valence electrons. The van der Waals surface area contributed by atoms with Crippen LogP contribution in [0.4, 0.5) is 0 Å². The van der Waals surface area contributed by atoms with E-state index in [0.717, 1.165) is 24.1 Å². The van der Waals surface area contributed by atoms with Crippen LogP contribution >= 0.6 is 0 Å². The van der Waals surface area contributed by atoms with Crippen LogP contribution in [0.3, 0.4) is 0 Å². The number of fused-ring (bicyclic) bond motifs is 1. The van der Waals surface area contributed by atoms with Crippen molar-refractivity contribution >= 4 is 10.2 Å². The highest BCUT2D eigenvalue weighted by atomic mass is 32.2. The van der Waals surface area contributed by atoms with Crippen molar-refractivity contribution < 1.29 is 8.42 Å². The van der Waals surface area contributed by atoms with Crippen LogP contribution in [0, 0.1) is 0 Å². The summed E-state index contributed by atoms with van der Waals surface area (Å²) in [6.45, 7) is 6.50. The smallest absolute Gasteiger partial charge is 0.282 e. The summed E-state index contributed by atoms with van der Waals surface area (Å²) in [7, 11) is -1.71. The number of benzene rings is 1. The maximum Gasteiger partial charge on any atom is 0.282 e. The third kappa shape index (κ3) is 4.03. The number of hydrogen-bond donors (Lipinski definition) is 1. The first-order chi connectivity index (χ1) is 9.91. The molecule has 1 aliphatic rings. The quantitative estimate of drug-likeness (QED) is 0.778. The van der Waals surface area contributed by atoms with Crippen LogP contribution in [0.5, 0.6) is 0 Å². The summed E-state index contributed by atoms with van der Waals surface area (Å²) in [6, 6.07) is 8.33. The fourth-order valence-corrected chi connectivity index (χ4v) is 3.83. The van der Waals surface area contributed by atoms with Crippen LogP contribution in [0.25, 0.3) is 0 Å². The van der Waals surface area contributed by atoms with E-state index in [1.54, 1.807) is 11.4 Å². The van der Waals surface area contributed by atoms with Crippen LogP contribution in [-0.4, -0.2) is 43.2 Å². The fraction of sp³-hybridized carbons (Fsp3) is 0.600. The lowest BCUT2D eigenvalue weighted by molar-refractivity contribution is 0.363. The Balaban J connectivity index is 1.90. The summed E-state index contributed by atoms with van der Waals surface area (Å²) in [5.74, 6) is 0. The highest BCUT2D eigenvalue weighted by molar-refractivity contribution is 7.86. The average Bonchev–Trinajstić information content (AvgIpc) is 2.87. The van der Waals surface area contributed by atoms with Crippen LogP contribution < -0.4 is 5.32 Å². The van der Waals surface area contributed by atoms with Crippen molar-refractivity contribution in [1.82, 2.24) is 13.9 Å². The van der Waals surface area contributed by atoms with Gasteiger partial charge in [-0.1, -0.05) is 38.1 Å². The molecule has 1 aromatic carbocycles. The summed E-state index contributed by atoms with van der Waals surface area (Å²) < 4.78 is 28.1. The van der Waals surface area contributed by atoms with Gasteiger partial charge in [0.25, 0.3) is 10.2 Å². The van der Waals surface area contributed by atoms with Gasteiger partial charge in [0.2, 0.25) is 0 Å². The first-order valence-corrected chi connectivity index (χ1v) is 8.82. The van der Waals surface area contributed by atoms with Gasteiger partial charge in [-0.25, -0.2) is 0 Å². The Kier molecular flexibility index (Phi) is 5.37. The number of rotatable bonds is 7. The lowest BCUT2D eigenvalue weighted by Crippen LogP contribution is -2.40. The molecule has 5 nitrogen and oxygen atoms in total. The van der Waals surface area contributed by atoms with E-state index in [1.807, 2.05) is 24.3 Å². The molecule has 0 spiro atoms. The van der Waals surface area contributed by atoms with Crippen LogP contribution in [0.15, 0.2) is 24.3 Å². The van der Waals surface area contributed by atoms with Gasteiger partial charge in [-0.3, -0.25) is 0 Å². The van der Waals surface area contributed by atoms with E-state index >= 15 is 0 Å². The van der Waals surface area contributed by atoms with E-state index in [4.69, 9.17) is 0 Å². The Hall–Kier alpha value is -0.950. The van der Waals surface area contributed by atoms with Gasteiger partial charge in [0.1, 0.15) is 0 Å². The molecule has 0 saturated carbocycles. The molecule has 0 atom stereocenters. The van der Waals surface area contributed by atoms with E-state index in [2.05, 4.69) is 19.2 Å². The van der Waals surface area contributed by atoms with E-state index in [9.17, 15) is 8.42 Å². The van der Waals surface area contributed by atoms with Crippen LogP contribution in [0.2, 0.25) is 0 Å². The van der Waals surface area contributed by atoms with Crippen molar-refractivity contribution in [2.24, 2.45) is 0 Å². The molecule has 21 heavy (non-hydrogen) atoms. The second-order valence-corrected chi connectivity index (χ2v) is 7.86. The van der Waals surface area contributed by atoms with Crippen LogP contribution in [-0.2, 0) is 23.3 Å². The van der Waals surface area contributed by atoms with Gasteiger partial charge >= 0.3 is 0 Å². The molecule has 0 fully saturated rings. The molecule has 6 heteroatoms. The highest BCUT2D eigenvalue weighted by Gasteiger charge is 2.31. The Labute approximate surface area is 128 Å². The Morgan fingerprint density at radius 2 is 1.81 bits per heavy atom. The molecule has 0 bridgehead atoms. The lowest BCUT2D eigenvalue weighted by atomic mass is 10.1. The first-order valence-electron chi connectivity index (χ1n) is 7.43. The average molecular weight is 311 g/mol. The molecule has 0 radical (unpaired) electrons. The minimum Gasteiger partial charge on any atom is -0.314 e. The third-order valence-electron chi connectivity index (χ3n) is 3.73. The van der Waals surface area contributed by atoms with Crippen molar-refractivity contribution in [2.75, 3.05) is 20.1 Å². The molecule has 1 N–H and O–H groups in total. The lowest BCUT2D eigenvalue weighted by Gasteiger charge is -2.24. The normalized spacial score (nSPS) is 15.9. The first kappa shape index (κ1) is 16.4. The summed E-state index contributed by atoms with van der Waals surface area (Å²) in [5.41, 5.74) is 2.21. The predicted octanol–water partition coefficient (Wildman–Crippen LogP) is 1.57. The van der Waals surface area contributed by atoms with Gasteiger partial charge < -0.3 is 5.32 Å². The van der Waals surface area contributed by atoms with Gasteiger partial charge in [-0.05, 0) is 24.1 Å². The third-order valence-corrected chi connectivity index (χ3v) is 5.62. The van der Waals surface area contributed by atoms with E-state index in [1.165, 1.54) is 4.31 Å². The molecule has 1 aromatic rings. The van der Waals surface area contributed by atoms with Gasteiger partial charge in [-0.15, -0.1) is 0 Å². The fourth-order valence-electron chi connectivity index (χ4n) is 2.47. The second-order valence-electron chi connectivity index (χ2n) is 5.83. The van der Waals surface area contributed by atoms with Gasteiger partial charge in [0.15, 0.2) is 0 Å². The maximum atomic E-state index is 12.6. The van der Waals surface area contributed by atoms with Gasteiger partial charge in [-0.2, -0.15) is 17.0 Å². The Bertz CT molecular complexity index is 547. The van der Waals surface area contributed by atoms with E-state index in [-0.39, 0.29) is 0 Å². The second kappa shape index (κ2) is 6.87. The van der Waals surface area contributed by atoms with Crippen molar-refractivity contribution in [3.05, 3.63) is 35.4 Å². The minimum atomic E-state index is -3.37. The molecule has 0 amide bonds. The van der Waals surface area contributed by atoms with Gasteiger partial charge in [0.05, 0.1) is 0 Å². The molecule has 2 rings (SSSR count). The van der Waals surface area contributed by atoms with Crippen molar-refractivity contribution in [1.29, 1.82) is 0 Å². The predicted molar refractivity (Wildman–Crippen MR) is 85.0 cm³/mol. The largest absolute Gasteiger partial charge is 0.314 e. The molecule has 0 unspecified atom stereocenters. The Morgan fingerprint density at radius 3 is 2.33 bits per heavy atom. The number of nitrogens with zero attached hydrogens (tertiary/aromatic N) is 2. The van der Waals surface area contributed by atoms with Crippen LogP contribution in [0.1, 0.15) is 31.4 Å². The monoisotopic (exact) mass is 311 g/mol. The Morgan fingerprint density at radius 1 is 1.24 bits per heavy atom. The SMILES string of the molecule is CC(C)NCCCN(C)S(=O)(=O)N1Cc2ccccc2C1. The molecule has 1 heterocycles. The molecule has 1 aliphatic heterocycles. The topological polar surface area (TPSA) is 52.7 Å². The summed E-state index contributed by atoms with van der Waals surface area (Å²) in [6.07, 6.45) is 0.814. The molecule has 0 aliphatic carbocycles. The highest BCUT2D eigenvalue weighted by Crippen LogP contribution is 2.25. The zero-order valence-electron chi connectivity index (χ0n) is 13.0.